The average Bonchev–Trinajstić information content (AvgIpc) is 3.30. The minimum absolute atomic E-state index is 0. The first-order valence-electron chi connectivity index (χ1n) is 20.4. The van der Waals surface area contributed by atoms with E-state index in [1.165, 1.54) is 27.5 Å². The van der Waals surface area contributed by atoms with E-state index < -0.39 is 0 Å². The van der Waals surface area contributed by atoms with Crippen molar-refractivity contribution < 1.29 is 25.8 Å². The van der Waals surface area contributed by atoms with Crippen LogP contribution >= 0.6 is 0 Å². The third-order valence-corrected chi connectivity index (χ3v) is 9.82. The van der Waals surface area contributed by atoms with E-state index in [0.29, 0.717) is 5.92 Å². The molecule has 9 aromatic rings. The van der Waals surface area contributed by atoms with Gasteiger partial charge in [-0.15, -0.1) is 42.1 Å². The van der Waals surface area contributed by atoms with Crippen LogP contribution in [0.25, 0.3) is 38.5 Å². The van der Waals surface area contributed by atoms with Gasteiger partial charge in [0.05, 0.1) is 5.69 Å². The van der Waals surface area contributed by atoms with E-state index in [0.717, 1.165) is 44.9 Å². The second-order valence-electron chi connectivity index (χ2n) is 14.7. The van der Waals surface area contributed by atoms with Gasteiger partial charge < -0.3 is 5.32 Å². The van der Waals surface area contributed by atoms with Crippen molar-refractivity contribution in [2.75, 3.05) is 0 Å². The smallest absolute Gasteiger partial charge is 0.673 e. The van der Waals surface area contributed by atoms with Crippen molar-refractivity contribution in [1.82, 2.24) is 4.98 Å². The summed E-state index contributed by atoms with van der Waals surface area (Å²) in [7, 11) is 0. The molecule has 0 amide bonds. The zero-order chi connectivity index (χ0) is 41.9. The van der Waals surface area contributed by atoms with Crippen LogP contribution < -0.4 is 0 Å². The molecule has 0 N–H and O–H groups in total. The van der Waals surface area contributed by atoms with E-state index in [1.54, 1.807) is 0 Å². The summed E-state index contributed by atoms with van der Waals surface area (Å²) in [6, 6.07) is 78.3. The van der Waals surface area contributed by atoms with Gasteiger partial charge in [0.15, 0.2) is 0 Å². The molecule has 3 heteroatoms. The molecule has 0 spiro atoms. The van der Waals surface area contributed by atoms with Gasteiger partial charge in [-0.2, -0.15) is 73.9 Å². The summed E-state index contributed by atoms with van der Waals surface area (Å²) in [5.41, 5.74) is 12.0. The first kappa shape index (κ1) is 45.5. The fraction of sp³-hybridized carbons (Fsp3) is 0.0690. The zero-order valence-electron chi connectivity index (χ0n) is 35.1. The van der Waals surface area contributed by atoms with Crippen LogP contribution in [0.4, 0.5) is 5.69 Å². The first-order chi connectivity index (χ1) is 29.4. The molecule has 0 saturated heterocycles. The van der Waals surface area contributed by atoms with Crippen LogP contribution in [0.5, 0.6) is 0 Å². The zero-order valence-corrected chi connectivity index (χ0v) is 38.7. The van der Waals surface area contributed by atoms with Gasteiger partial charge in [-0.05, 0) is 57.1 Å². The topological polar surface area (TPSA) is 27.0 Å². The Morgan fingerprint density at radius 3 is 1.43 bits per heavy atom. The van der Waals surface area contributed by atoms with Gasteiger partial charge >= 0.3 is 25.8 Å². The molecule has 9 rings (SSSR count). The summed E-state index contributed by atoms with van der Waals surface area (Å²) in [6.45, 7) is 15.6. The molecule has 2 nitrogen and oxygen atoms in total. The van der Waals surface area contributed by atoms with E-state index >= 15 is 0 Å². The maximum Gasteiger partial charge on any atom is 4.00 e. The number of hydrogen-bond acceptors (Lipinski definition) is 1. The molecule has 0 saturated carbocycles. The van der Waals surface area contributed by atoms with Gasteiger partial charge in [-0.1, -0.05) is 159 Å². The number of aromatic nitrogens is 1. The van der Waals surface area contributed by atoms with E-state index in [2.05, 4.69) is 174 Å². The molecular formula is C58H52HfN2. The van der Waals surface area contributed by atoms with Crippen LogP contribution in [-0.4, -0.2) is 4.98 Å². The Balaban J connectivity index is 0.000000259. The molecule has 8 aromatic carbocycles. The minimum Gasteiger partial charge on any atom is -0.673 e. The Morgan fingerprint density at radius 2 is 0.885 bits per heavy atom. The molecule has 0 fully saturated rings. The van der Waals surface area contributed by atoms with Crippen molar-refractivity contribution in [2.24, 2.45) is 0 Å². The van der Waals surface area contributed by atoms with Gasteiger partial charge in [0.25, 0.3) is 0 Å². The van der Waals surface area contributed by atoms with Gasteiger partial charge in [-0.25, -0.2) is 0 Å². The summed E-state index contributed by atoms with van der Waals surface area (Å²) in [5.74, 6) is 0.479. The first-order valence-corrected chi connectivity index (χ1v) is 20.4. The van der Waals surface area contributed by atoms with Crippen molar-refractivity contribution in [3.05, 3.63) is 290 Å². The summed E-state index contributed by atoms with van der Waals surface area (Å²) in [6.07, 6.45) is 0. The monoisotopic (exact) mass is 956 g/mol. The maximum absolute atomic E-state index is 5.32. The van der Waals surface area contributed by atoms with Crippen molar-refractivity contribution in [2.45, 2.75) is 25.8 Å². The van der Waals surface area contributed by atoms with Crippen molar-refractivity contribution in [3.8, 4) is 22.4 Å². The van der Waals surface area contributed by atoms with E-state index in [1.807, 2.05) is 91.0 Å². The second kappa shape index (κ2) is 23.9. The molecule has 1 unspecified atom stereocenters. The predicted octanol–water partition coefficient (Wildman–Crippen LogP) is 16.1. The third-order valence-electron chi connectivity index (χ3n) is 9.82. The summed E-state index contributed by atoms with van der Waals surface area (Å²) < 4.78 is 0. The summed E-state index contributed by atoms with van der Waals surface area (Å²) >= 11 is 0. The molecule has 0 aliphatic heterocycles. The summed E-state index contributed by atoms with van der Waals surface area (Å²) in [5, 5.41) is 7.73. The fourth-order valence-electron chi connectivity index (χ4n) is 6.64. The van der Waals surface area contributed by atoms with Gasteiger partial charge in [0.1, 0.15) is 0 Å². The van der Waals surface area contributed by atoms with Crippen molar-refractivity contribution in [1.29, 1.82) is 0 Å². The number of benzene rings is 8. The van der Waals surface area contributed by atoms with Crippen LogP contribution in [-0.2, 0) is 25.8 Å². The quantitative estimate of drug-likeness (QED) is 0.116. The Kier molecular flexibility index (Phi) is 17.8. The van der Waals surface area contributed by atoms with Crippen molar-refractivity contribution >= 4 is 16.5 Å². The minimum atomic E-state index is -0.263. The Morgan fingerprint density at radius 1 is 0.426 bits per heavy atom. The Hall–Kier alpha value is -6.55. The number of hydrogen-bond donors (Lipinski definition) is 0. The fourth-order valence-corrected chi connectivity index (χ4v) is 6.64. The van der Waals surface area contributed by atoms with E-state index in [-0.39, 0.29) is 31.9 Å². The molecule has 0 aliphatic carbocycles. The molecule has 0 bridgehead atoms. The molecule has 0 aliphatic rings. The SMILES string of the molecule is CC(C)c1ccc([N-]C(c2cccc(-c3cccc4ccccc34)n2)c2ccccc2-c2ccccc2)cc1.[CH2-]c1ccccc1.[CH2-]c1ccccc1.[CH2-]c1ccccc1.[Hf+4]. The number of fused-ring (bicyclic) bond motifs is 1. The van der Waals surface area contributed by atoms with E-state index in [9.17, 15) is 0 Å². The van der Waals surface area contributed by atoms with Crippen LogP contribution in [0.15, 0.2) is 231 Å². The molecular weight excluding hydrogens is 903 g/mol. The Bertz CT molecular complexity index is 2510. The van der Waals surface area contributed by atoms with Gasteiger partial charge in [-0.3, -0.25) is 4.98 Å². The van der Waals surface area contributed by atoms with E-state index in [4.69, 9.17) is 10.3 Å². The molecule has 1 atom stereocenters. The number of rotatable bonds is 7. The average molecular weight is 956 g/mol. The van der Waals surface area contributed by atoms with Gasteiger partial charge in [0, 0.05) is 11.3 Å². The van der Waals surface area contributed by atoms with Crippen molar-refractivity contribution in [3.63, 3.8) is 0 Å². The number of nitrogens with zero attached hydrogens (tertiary/aromatic N) is 2. The molecule has 1 aromatic heterocycles. The molecule has 0 radical (unpaired) electrons. The normalized spacial score (nSPS) is 10.6. The molecule has 61 heavy (non-hydrogen) atoms. The predicted molar refractivity (Wildman–Crippen MR) is 257 cm³/mol. The summed E-state index contributed by atoms with van der Waals surface area (Å²) in [4.78, 5) is 5.25. The maximum atomic E-state index is 5.32. The molecule has 1 heterocycles. The standard InChI is InChI=1S/C37H31N2.3C7H7.Hf/c1-26(2)27-22-24-30(25-23-27)38-37(34-18-9-8-17-32(34)28-12-4-3-5-13-28)36-21-11-20-35(39-36)33-19-10-15-29-14-6-7-16-31(29)33;3*1-7-5-3-2-4-6-7;/h3-26,37H,1-2H3;3*2-6H,1H2;/q4*-1;+4. The van der Waals surface area contributed by atoms with Crippen LogP contribution in [0, 0.1) is 20.8 Å². The van der Waals surface area contributed by atoms with Crippen LogP contribution in [0.2, 0.25) is 0 Å². The second-order valence-corrected chi connectivity index (χ2v) is 14.7. The molecule has 298 valence electrons. The van der Waals surface area contributed by atoms with Crippen LogP contribution in [0.3, 0.4) is 0 Å². The third kappa shape index (κ3) is 13.7. The Labute approximate surface area is 383 Å². The largest absolute Gasteiger partial charge is 4.00 e. The number of pyridine rings is 1. The van der Waals surface area contributed by atoms with Gasteiger partial charge in [0.2, 0.25) is 0 Å². The van der Waals surface area contributed by atoms with Crippen LogP contribution in [0.1, 0.15) is 59.3 Å².